The fraction of sp³-hybridized carbons (Fsp3) is 1.00. The average Bonchev–Trinajstić information content (AvgIpc) is 1.57. The average molecular weight is 248 g/mol. The monoisotopic (exact) mass is 246 g/mol. The highest BCUT2D eigenvalue weighted by molar-refractivity contribution is 6.67. The van der Waals surface area contributed by atoms with E-state index in [1.54, 1.807) is 0 Å². The molecule has 0 amide bonds. The zero-order chi connectivity index (χ0) is 8.41. The quantitative estimate of drug-likeness (QED) is 0.641. The van der Waals surface area contributed by atoms with Crippen molar-refractivity contribution in [1.29, 1.82) is 0 Å². The van der Waals surface area contributed by atoms with Gasteiger partial charge in [-0.05, 0) is 6.42 Å². The normalized spacial score (nSPS) is 13.8. The van der Waals surface area contributed by atoms with Crippen molar-refractivity contribution in [1.82, 2.24) is 0 Å². The molecule has 0 radical (unpaired) electrons. The molecular formula is C4H4Cl5F. The van der Waals surface area contributed by atoms with Crippen LogP contribution in [0.4, 0.5) is 4.39 Å². The van der Waals surface area contributed by atoms with E-state index in [1.807, 2.05) is 0 Å². The van der Waals surface area contributed by atoms with E-state index in [2.05, 4.69) is 0 Å². The van der Waals surface area contributed by atoms with Crippen LogP contribution in [0, 0.1) is 0 Å². The fourth-order valence-corrected chi connectivity index (χ4v) is 0.756. The van der Waals surface area contributed by atoms with Crippen LogP contribution in [0.3, 0.4) is 0 Å². The van der Waals surface area contributed by atoms with Crippen LogP contribution < -0.4 is 0 Å². The van der Waals surface area contributed by atoms with Gasteiger partial charge in [0.05, 0.1) is 0 Å². The number of alkyl halides is 6. The molecule has 0 aliphatic rings. The maximum absolute atomic E-state index is 12.3. The number of hydrogen-bond acceptors (Lipinski definition) is 0. The third-order valence-corrected chi connectivity index (χ3v) is 1.64. The standard InChI is InChI=1S/C4H4Cl5F/c5-3(6,7)1-2-4(8,9)10/h1-2H2. The van der Waals surface area contributed by atoms with Gasteiger partial charge < -0.3 is 0 Å². The van der Waals surface area contributed by atoms with Crippen molar-refractivity contribution in [2.75, 3.05) is 0 Å². The van der Waals surface area contributed by atoms with Crippen LogP contribution in [0.15, 0.2) is 0 Å². The maximum atomic E-state index is 12.3. The molecule has 0 aromatic rings. The molecule has 0 N–H and O–H groups in total. The van der Waals surface area contributed by atoms with Crippen molar-refractivity contribution in [3.63, 3.8) is 0 Å². The predicted molar refractivity (Wildman–Crippen MR) is 45.1 cm³/mol. The van der Waals surface area contributed by atoms with Gasteiger partial charge in [0, 0.05) is 6.42 Å². The molecule has 0 bridgehead atoms. The van der Waals surface area contributed by atoms with E-state index in [0.717, 1.165) is 0 Å². The van der Waals surface area contributed by atoms with Gasteiger partial charge in [-0.1, -0.05) is 58.0 Å². The minimum absolute atomic E-state index is 0.0127. The van der Waals surface area contributed by atoms with Crippen LogP contribution in [-0.2, 0) is 0 Å². The summed E-state index contributed by atoms with van der Waals surface area (Å²) in [4.78, 5) is 0. The molecule has 0 nitrogen and oxygen atoms in total. The summed E-state index contributed by atoms with van der Waals surface area (Å²) in [6, 6.07) is 0. The van der Waals surface area contributed by atoms with Gasteiger partial charge in [-0.3, -0.25) is 0 Å². The summed E-state index contributed by atoms with van der Waals surface area (Å²) in [5.41, 5.74) is 0. The Bertz CT molecular complexity index is 87.2. The van der Waals surface area contributed by atoms with E-state index in [9.17, 15) is 4.39 Å². The van der Waals surface area contributed by atoms with Gasteiger partial charge in [-0.25, -0.2) is 4.39 Å². The molecule has 0 spiro atoms. The lowest BCUT2D eigenvalue weighted by atomic mass is 10.3. The highest BCUT2D eigenvalue weighted by atomic mass is 35.6. The van der Waals surface area contributed by atoms with Gasteiger partial charge in [0.1, 0.15) is 0 Å². The van der Waals surface area contributed by atoms with Gasteiger partial charge in [-0.15, -0.1) is 0 Å². The Morgan fingerprint density at radius 3 is 1.40 bits per heavy atom. The van der Waals surface area contributed by atoms with Gasteiger partial charge in [0.25, 0.3) is 4.59 Å². The van der Waals surface area contributed by atoms with E-state index in [4.69, 9.17) is 58.0 Å². The molecule has 0 aliphatic heterocycles. The summed E-state index contributed by atoms with van der Waals surface area (Å²) >= 11 is 25.8. The van der Waals surface area contributed by atoms with Gasteiger partial charge in [0.2, 0.25) is 0 Å². The summed E-state index contributed by atoms with van der Waals surface area (Å²) < 4.78 is 8.49. The van der Waals surface area contributed by atoms with Gasteiger partial charge in [0.15, 0.2) is 3.79 Å². The van der Waals surface area contributed by atoms with Crippen molar-refractivity contribution in [3.8, 4) is 0 Å². The molecule has 0 atom stereocenters. The minimum atomic E-state index is -2.30. The molecule has 0 aromatic carbocycles. The molecular weight excluding hydrogens is 244 g/mol. The molecule has 0 aliphatic carbocycles. The summed E-state index contributed by atoms with van der Waals surface area (Å²) in [7, 11) is 0. The van der Waals surface area contributed by atoms with Crippen LogP contribution >= 0.6 is 58.0 Å². The van der Waals surface area contributed by atoms with E-state index < -0.39 is 8.38 Å². The largest absolute Gasteiger partial charge is 0.257 e. The lowest BCUT2D eigenvalue weighted by Gasteiger charge is -2.13. The molecule has 0 rings (SSSR count). The second-order valence-electron chi connectivity index (χ2n) is 1.73. The zero-order valence-electron chi connectivity index (χ0n) is 4.68. The van der Waals surface area contributed by atoms with Crippen LogP contribution in [0.2, 0.25) is 0 Å². The smallest absolute Gasteiger partial charge is 0.208 e. The lowest BCUT2D eigenvalue weighted by molar-refractivity contribution is 0.364. The molecule has 0 unspecified atom stereocenters. The van der Waals surface area contributed by atoms with E-state index in [0.29, 0.717) is 0 Å². The van der Waals surface area contributed by atoms with Crippen LogP contribution in [0.1, 0.15) is 12.8 Å². The van der Waals surface area contributed by atoms with Crippen molar-refractivity contribution < 1.29 is 4.39 Å². The molecule has 0 fully saturated rings. The van der Waals surface area contributed by atoms with Crippen molar-refractivity contribution >= 4 is 58.0 Å². The van der Waals surface area contributed by atoms with Crippen molar-refractivity contribution in [3.05, 3.63) is 0 Å². The van der Waals surface area contributed by atoms with Crippen LogP contribution in [0.5, 0.6) is 0 Å². The molecule has 0 saturated heterocycles. The van der Waals surface area contributed by atoms with Crippen LogP contribution in [-0.4, -0.2) is 8.38 Å². The third kappa shape index (κ3) is 9.38. The molecule has 0 aromatic heterocycles. The molecule has 0 heterocycles. The highest BCUT2D eigenvalue weighted by Crippen LogP contribution is 2.37. The Kier molecular flexibility index (Phi) is 4.39. The number of hydrogen-bond donors (Lipinski definition) is 0. The Labute approximate surface area is 83.5 Å². The topological polar surface area (TPSA) is 0 Å². The number of halogens is 6. The fourth-order valence-electron chi connectivity index (χ4n) is 0.283. The summed E-state index contributed by atoms with van der Waals surface area (Å²) in [6.07, 6.45) is -0.215. The first kappa shape index (κ1) is 11.4. The second kappa shape index (κ2) is 3.86. The zero-order valence-corrected chi connectivity index (χ0v) is 8.46. The summed E-state index contributed by atoms with van der Waals surface area (Å²) in [6.45, 7) is 0. The third-order valence-electron chi connectivity index (χ3n) is 0.692. The second-order valence-corrected chi connectivity index (χ2v) is 5.64. The molecule has 62 valence electrons. The maximum Gasteiger partial charge on any atom is 0.257 e. The van der Waals surface area contributed by atoms with Gasteiger partial charge in [-0.2, -0.15) is 0 Å². The molecule has 10 heavy (non-hydrogen) atoms. The lowest BCUT2D eigenvalue weighted by Crippen LogP contribution is -2.10. The van der Waals surface area contributed by atoms with E-state index >= 15 is 0 Å². The van der Waals surface area contributed by atoms with Gasteiger partial charge >= 0.3 is 0 Å². The Hall–Kier alpha value is 1.38. The predicted octanol–water partition coefficient (Wildman–Crippen LogP) is 4.24. The first-order chi connectivity index (χ1) is 4.21. The Balaban J connectivity index is 3.56. The molecule has 0 saturated carbocycles. The summed E-state index contributed by atoms with van der Waals surface area (Å²) in [5.74, 6) is 0. The van der Waals surface area contributed by atoms with Crippen LogP contribution in [0.25, 0.3) is 0 Å². The Morgan fingerprint density at radius 2 is 1.30 bits per heavy atom. The minimum Gasteiger partial charge on any atom is -0.208 e. The van der Waals surface area contributed by atoms with E-state index in [1.165, 1.54) is 0 Å². The Morgan fingerprint density at radius 1 is 0.900 bits per heavy atom. The van der Waals surface area contributed by atoms with Crippen molar-refractivity contribution in [2.45, 2.75) is 21.2 Å². The highest BCUT2D eigenvalue weighted by Gasteiger charge is 2.28. The SMILES string of the molecule is FC(Cl)(Cl)CCC(Cl)(Cl)Cl. The summed E-state index contributed by atoms with van der Waals surface area (Å²) in [5, 5.41) is 0. The van der Waals surface area contributed by atoms with Crippen molar-refractivity contribution in [2.24, 2.45) is 0 Å². The molecule has 6 heteroatoms. The first-order valence-electron chi connectivity index (χ1n) is 2.34. The first-order valence-corrected chi connectivity index (χ1v) is 4.23. The number of rotatable bonds is 2. The van der Waals surface area contributed by atoms with E-state index in [-0.39, 0.29) is 12.8 Å².